The van der Waals surface area contributed by atoms with Crippen molar-refractivity contribution in [3.63, 3.8) is 0 Å². The van der Waals surface area contributed by atoms with Crippen LogP contribution in [0.5, 0.6) is 5.75 Å². The van der Waals surface area contributed by atoms with E-state index in [2.05, 4.69) is 39.5 Å². The molecule has 0 spiro atoms. The molecule has 0 aliphatic heterocycles. The van der Waals surface area contributed by atoms with Gasteiger partial charge in [-0.05, 0) is 68.7 Å². The molecular weight excluding hydrogens is 324 g/mol. The molecule has 0 saturated heterocycles. The Kier molecular flexibility index (Phi) is 7.33. The van der Waals surface area contributed by atoms with Gasteiger partial charge in [-0.1, -0.05) is 12.1 Å². The molecule has 5 nitrogen and oxygen atoms in total. The molecule has 0 amide bonds. The molecule has 0 bridgehead atoms. The Morgan fingerprint density at radius 1 is 1.08 bits per heavy atom. The van der Waals surface area contributed by atoms with Crippen molar-refractivity contribution in [2.24, 2.45) is 10.7 Å². The van der Waals surface area contributed by atoms with Crippen LogP contribution in [0.3, 0.4) is 0 Å². The summed E-state index contributed by atoms with van der Waals surface area (Å²) >= 11 is 0. The third-order valence-electron chi connectivity index (χ3n) is 3.86. The van der Waals surface area contributed by atoms with Crippen molar-refractivity contribution < 1.29 is 4.74 Å². The number of aryl methyl sites for hydroxylation is 1. The van der Waals surface area contributed by atoms with Gasteiger partial charge in [0.15, 0.2) is 5.96 Å². The van der Waals surface area contributed by atoms with E-state index in [4.69, 9.17) is 10.5 Å². The lowest BCUT2D eigenvalue weighted by Gasteiger charge is -2.12. The molecule has 26 heavy (non-hydrogen) atoms. The first-order chi connectivity index (χ1) is 12.4. The maximum Gasteiger partial charge on any atom is 0.193 e. The molecule has 140 valence electrons. The first kappa shape index (κ1) is 19.6. The van der Waals surface area contributed by atoms with E-state index < -0.39 is 0 Å². The number of hydrogen-bond acceptors (Lipinski definition) is 3. The molecule has 0 aliphatic carbocycles. The van der Waals surface area contributed by atoms with E-state index in [0.717, 1.165) is 24.3 Å². The summed E-state index contributed by atoms with van der Waals surface area (Å²) in [5.41, 5.74) is 9.39. The number of nitrogens with one attached hydrogen (secondary N) is 1. The Labute approximate surface area is 156 Å². The minimum Gasteiger partial charge on any atom is -0.491 e. The predicted molar refractivity (Wildman–Crippen MR) is 111 cm³/mol. The van der Waals surface area contributed by atoms with Crippen LogP contribution in [0, 0.1) is 0 Å². The zero-order valence-corrected chi connectivity index (χ0v) is 16.2. The third kappa shape index (κ3) is 6.67. The lowest BCUT2D eigenvalue weighted by atomic mass is 10.1. The van der Waals surface area contributed by atoms with Gasteiger partial charge in [0.2, 0.25) is 0 Å². The number of ether oxygens (including phenoxy) is 1. The quantitative estimate of drug-likeness (QED) is 0.429. The second-order valence-electron chi connectivity index (χ2n) is 6.75. The monoisotopic (exact) mass is 354 g/mol. The van der Waals surface area contributed by atoms with Crippen molar-refractivity contribution in [3.05, 3.63) is 54.1 Å². The van der Waals surface area contributed by atoms with E-state index in [1.165, 1.54) is 11.3 Å². The van der Waals surface area contributed by atoms with Crippen LogP contribution in [0.15, 0.2) is 53.5 Å². The maximum absolute atomic E-state index is 5.96. The van der Waals surface area contributed by atoms with E-state index in [1.54, 1.807) is 0 Å². The largest absolute Gasteiger partial charge is 0.491 e. The lowest BCUT2D eigenvalue weighted by molar-refractivity contribution is 0.242. The van der Waals surface area contributed by atoms with Gasteiger partial charge < -0.3 is 20.7 Å². The number of nitrogens with two attached hydrogens (primary N) is 1. The van der Waals surface area contributed by atoms with Crippen molar-refractivity contribution >= 4 is 17.3 Å². The predicted octanol–water partition coefficient (Wildman–Crippen LogP) is 3.90. The maximum atomic E-state index is 5.96. The Balaban J connectivity index is 1.75. The molecule has 0 aliphatic rings. The molecule has 0 aromatic heterocycles. The fraction of sp³-hybridized carbons (Fsp3) is 0.381. The molecule has 0 unspecified atom stereocenters. The lowest BCUT2D eigenvalue weighted by Crippen LogP contribution is -2.22. The number of nitrogens with zero attached hydrogens (tertiary/aromatic N) is 2. The fourth-order valence-corrected chi connectivity index (χ4v) is 2.52. The summed E-state index contributed by atoms with van der Waals surface area (Å²) in [7, 11) is 4.09. The van der Waals surface area contributed by atoms with Crippen LogP contribution in [0.2, 0.25) is 0 Å². The zero-order chi connectivity index (χ0) is 18.9. The normalized spacial score (nSPS) is 11.5. The summed E-state index contributed by atoms with van der Waals surface area (Å²) in [5.74, 6) is 1.28. The van der Waals surface area contributed by atoms with Gasteiger partial charge in [-0.3, -0.25) is 4.99 Å². The molecule has 2 aromatic carbocycles. The summed E-state index contributed by atoms with van der Waals surface area (Å²) < 4.78 is 5.62. The molecule has 2 aromatic rings. The van der Waals surface area contributed by atoms with Gasteiger partial charge in [-0.25, -0.2) is 0 Å². The number of rotatable bonds is 8. The highest BCUT2D eigenvalue weighted by Gasteiger charge is 2.00. The summed E-state index contributed by atoms with van der Waals surface area (Å²) in [6.07, 6.45) is 2.12. The Morgan fingerprint density at radius 2 is 1.73 bits per heavy atom. The van der Waals surface area contributed by atoms with Crippen molar-refractivity contribution in [1.29, 1.82) is 0 Å². The van der Waals surface area contributed by atoms with E-state index in [1.807, 2.05) is 52.2 Å². The van der Waals surface area contributed by atoms with E-state index in [0.29, 0.717) is 12.5 Å². The van der Waals surface area contributed by atoms with Crippen LogP contribution in [-0.2, 0) is 6.42 Å². The average molecular weight is 354 g/mol. The van der Waals surface area contributed by atoms with Crippen molar-refractivity contribution in [2.45, 2.75) is 32.8 Å². The Morgan fingerprint density at radius 3 is 2.31 bits per heavy atom. The minimum atomic E-state index is 0.166. The van der Waals surface area contributed by atoms with E-state index >= 15 is 0 Å². The molecule has 0 radical (unpaired) electrons. The molecule has 2 rings (SSSR count). The highest BCUT2D eigenvalue weighted by atomic mass is 16.5. The number of hydrogen-bond donors (Lipinski definition) is 2. The summed E-state index contributed by atoms with van der Waals surface area (Å²) in [6, 6.07) is 16.3. The smallest absolute Gasteiger partial charge is 0.193 e. The van der Waals surface area contributed by atoms with Gasteiger partial charge in [0.25, 0.3) is 0 Å². The third-order valence-corrected chi connectivity index (χ3v) is 3.86. The topological polar surface area (TPSA) is 62.9 Å². The highest BCUT2D eigenvalue weighted by molar-refractivity contribution is 5.92. The molecule has 0 fully saturated rings. The average Bonchev–Trinajstić information content (AvgIpc) is 2.60. The van der Waals surface area contributed by atoms with Gasteiger partial charge in [0.1, 0.15) is 5.75 Å². The van der Waals surface area contributed by atoms with Crippen molar-refractivity contribution in [3.8, 4) is 5.75 Å². The van der Waals surface area contributed by atoms with Gasteiger partial charge in [-0.15, -0.1) is 0 Å². The number of aliphatic imine (C=N–C) groups is 1. The van der Waals surface area contributed by atoms with Crippen LogP contribution in [-0.4, -0.2) is 32.7 Å². The molecule has 0 atom stereocenters. The number of anilines is 2. The van der Waals surface area contributed by atoms with E-state index in [-0.39, 0.29) is 6.10 Å². The second kappa shape index (κ2) is 9.70. The van der Waals surface area contributed by atoms with Crippen LogP contribution in [0.25, 0.3) is 0 Å². The van der Waals surface area contributed by atoms with Crippen LogP contribution in [0.4, 0.5) is 11.4 Å². The first-order valence-corrected chi connectivity index (χ1v) is 9.04. The van der Waals surface area contributed by atoms with Crippen LogP contribution < -0.4 is 20.7 Å². The summed E-state index contributed by atoms with van der Waals surface area (Å²) in [5, 5.41) is 3.11. The molecule has 5 heteroatoms. The van der Waals surface area contributed by atoms with Crippen molar-refractivity contribution in [2.75, 3.05) is 30.9 Å². The Bertz CT molecular complexity index is 691. The van der Waals surface area contributed by atoms with Crippen molar-refractivity contribution in [1.82, 2.24) is 0 Å². The van der Waals surface area contributed by atoms with Crippen LogP contribution >= 0.6 is 0 Å². The summed E-state index contributed by atoms with van der Waals surface area (Å²) in [6.45, 7) is 4.71. The van der Waals surface area contributed by atoms with Gasteiger partial charge in [0, 0.05) is 32.0 Å². The fourth-order valence-electron chi connectivity index (χ4n) is 2.52. The molecular formula is C21H30N4O. The molecule has 0 heterocycles. The van der Waals surface area contributed by atoms with Gasteiger partial charge in [-0.2, -0.15) is 0 Å². The minimum absolute atomic E-state index is 0.166. The number of benzene rings is 2. The van der Waals surface area contributed by atoms with Gasteiger partial charge >= 0.3 is 0 Å². The van der Waals surface area contributed by atoms with Gasteiger partial charge in [0.05, 0.1) is 6.10 Å². The first-order valence-electron chi connectivity index (χ1n) is 9.04. The zero-order valence-electron chi connectivity index (χ0n) is 16.2. The summed E-state index contributed by atoms with van der Waals surface area (Å²) in [4.78, 5) is 6.49. The van der Waals surface area contributed by atoms with Crippen LogP contribution in [0.1, 0.15) is 25.8 Å². The second-order valence-corrected chi connectivity index (χ2v) is 6.75. The molecule has 0 saturated carbocycles. The number of guanidine groups is 1. The highest BCUT2D eigenvalue weighted by Crippen LogP contribution is 2.17. The van der Waals surface area contributed by atoms with E-state index in [9.17, 15) is 0 Å². The standard InChI is InChI=1S/C21H30N4O/c1-16(2)26-20-13-9-18(10-14-20)24-21(22)23-15-5-6-17-7-11-19(12-8-17)25(3)4/h7-14,16H,5-6,15H2,1-4H3,(H3,22,23,24). The SMILES string of the molecule is CC(C)Oc1ccc(NC(N)=NCCCc2ccc(N(C)C)cc2)cc1. The Hall–Kier alpha value is -2.69. The molecule has 3 N–H and O–H groups in total.